The average molecular weight is 372 g/mol. The number of sulfone groups is 1. The maximum absolute atomic E-state index is 13.6. The topological polar surface area (TPSA) is 63.2 Å². The predicted octanol–water partition coefficient (Wildman–Crippen LogP) is 3.24. The highest BCUT2D eigenvalue weighted by Gasteiger charge is 2.12. The van der Waals surface area contributed by atoms with Crippen molar-refractivity contribution in [2.45, 2.75) is 4.90 Å². The van der Waals surface area contributed by atoms with Crippen LogP contribution in [0.3, 0.4) is 0 Å². The van der Waals surface area contributed by atoms with Crippen LogP contribution in [-0.4, -0.2) is 20.6 Å². The summed E-state index contributed by atoms with van der Waals surface area (Å²) in [5.74, 6) is -1.08. The van der Waals surface area contributed by atoms with Crippen molar-refractivity contribution in [3.8, 4) is 0 Å². The SMILES string of the molecule is CS(=O)(=O)c1ccc(C(=O)Nc2ccc(Br)cc2F)cc1. The molecule has 0 spiro atoms. The minimum atomic E-state index is -3.31. The average Bonchev–Trinajstić information content (AvgIpc) is 2.41. The molecule has 0 aliphatic heterocycles. The predicted molar refractivity (Wildman–Crippen MR) is 81.6 cm³/mol. The van der Waals surface area contributed by atoms with E-state index in [1.807, 2.05) is 0 Å². The molecule has 0 radical (unpaired) electrons. The van der Waals surface area contributed by atoms with E-state index in [0.717, 1.165) is 6.26 Å². The van der Waals surface area contributed by atoms with Crippen molar-refractivity contribution >= 4 is 37.4 Å². The van der Waals surface area contributed by atoms with Crippen LogP contribution >= 0.6 is 15.9 Å². The van der Waals surface area contributed by atoms with E-state index in [4.69, 9.17) is 0 Å². The van der Waals surface area contributed by atoms with Crippen LogP contribution in [-0.2, 0) is 9.84 Å². The second-order valence-corrected chi connectivity index (χ2v) is 7.31. The van der Waals surface area contributed by atoms with Gasteiger partial charge in [0.05, 0.1) is 10.6 Å². The minimum Gasteiger partial charge on any atom is -0.319 e. The lowest BCUT2D eigenvalue weighted by Crippen LogP contribution is -2.13. The molecular weight excluding hydrogens is 361 g/mol. The fourth-order valence-electron chi connectivity index (χ4n) is 1.64. The van der Waals surface area contributed by atoms with Crippen LogP contribution in [0.15, 0.2) is 51.8 Å². The van der Waals surface area contributed by atoms with Gasteiger partial charge in [0.1, 0.15) is 5.82 Å². The van der Waals surface area contributed by atoms with Crippen molar-refractivity contribution in [3.05, 3.63) is 58.3 Å². The summed E-state index contributed by atoms with van der Waals surface area (Å²) in [7, 11) is -3.31. The van der Waals surface area contributed by atoms with Crippen LogP contribution < -0.4 is 5.32 Å². The minimum absolute atomic E-state index is 0.0513. The Labute approximate surface area is 130 Å². The fraction of sp³-hybridized carbons (Fsp3) is 0.0714. The summed E-state index contributed by atoms with van der Waals surface area (Å²) >= 11 is 3.12. The number of rotatable bonds is 3. The Morgan fingerprint density at radius 2 is 1.76 bits per heavy atom. The molecule has 0 fully saturated rings. The van der Waals surface area contributed by atoms with E-state index in [2.05, 4.69) is 21.2 Å². The summed E-state index contributed by atoms with van der Waals surface area (Å²) in [4.78, 5) is 12.1. The van der Waals surface area contributed by atoms with Crippen molar-refractivity contribution in [3.63, 3.8) is 0 Å². The molecule has 2 aromatic rings. The fourth-order valence-corrected chi connectivity index (χ4v) is 2.60. The van der Waals surface area contributed by atoms with Gasteiger partial charge >= 0.3 is 0 Å². The zero-order valence-electron chi connectivity index (χ0n) is 10.9. The molecule has 0 bridgehead atoms. The standard InChI is InChI=1S/C14H11BrFNO3S/c1-21(19,20)11-5-2-9(3-6-11)14(18)17-13-7-4-10(15)8-12(13)16/h2-8H,1H3,(H,17,18). The van der Waals surface area contributed by atoms with Crippen molar-refractivity contribution in [1.82, 2.24) is 0 Å². The number of benzene rings is 2. The first kappa shape index (κ1) is 15.7. The normalized spacial score (nSPS) is 11.2. The molecule has 0 saturated carbocycles. The van der Waals surface area contributed by atoms with Crippen LogP contribution in [0.4, 0.5) is 10.1 Å². The van der Waals surface area contributed by atoms with Gasteiger partial charge in [-0.1, -0.05) is 15.9 Å². The molecule has 2 aromatic carbocycles. The Morgan fingerprint density at radius 1 is 1.14 bits per heavy atom. The third kappa shape index (κ3) is 3.89. The van der Waals surface area contributed by atoms with Crippen LogP contribution in [0.5, 0.6) is 0 Å². The second-order valence-electron chi connectivity index (χ2n) is 4.37. The molecule has 0 unspecified atom stereocenters. The molecule has 1 N–H and O–H groups in total. The molecule has 4 nitrogen and oxygen atoms in total. The maximum Gasteiger partial charge on any atom is 0.255 e. The van der Waals surface area contributed by atoms with Gasteiger partial charge in [0.2, 0.25) is 0 Å². The molecule has 0 aliphatic carbocycles. The largest absolute Gasteiger partial charge is 0.319 e. The van der Waals surface area contributed by atoms with Crippen molar-refractivity contribution in [1.29, 1.82) is 0 Å². The third-order valence-electron chi connectivity index (χ3n) is 2.72. The molecule has 0 aliphatic rings. The quantitative estimate of drug-likeness (QED) is 0.900. The number of hydrogen-bond acceptors (Lipinski definition) is 3. The van der Waals surface area contributed by atoms with Gasteiger partial charge in [0, 0.05) is 16.3 Å². The summed E-state index contributed by atoms with van der Waals surface area (Å²) < 4.78 is 36.8. The van der Waals surface area contributed by atoms with Crippen LogP contribution in [0.2, 0.25) is 0 Å². The van der Waals surface area contributed by atoms with Gasteiger partial charge in [-0.05, 0) is 42.5 Å². The van der Waals surface area contributed by atoms with E-state index in [1.165, 1.54) is 36.4 Å². The molecule has 110 valence electrons. The van der Waals surface area contributed by atoms with E-state index >= 15 is 0 Å². The highest BCUT2D eigenvalue weighted by Crippen LogP contribution is 2.20. The number of hydrogen-bond donors (Lipinski definition) is 1. The van der Waals surface area contributed by atoms with Crippen molar-refractivity contribution < 1.29 is 17.6 Å². The molecule has 1 amide bonds. The highest BCUT2D eigenvalue weighted by molar-refractivity contribution is 9.10. The van der Waals surface area contributed by atoms with Crippen LogP contribution in [0, 0.1) is 5.82 Å². The number of halogens is 2. The molecule has 0 atom stereocenters. The van der Waals surface area contributed by atoms with E-state index < -0.39 is 21.6 Å². The van der Waals surface area contributed by atoms with Gasteiger partial charge in [0.25, 0.3) is 5.91 Å². The zero-order chi connectivity index (χ0) is 15.6. The molecular formula is C14H11BrFNO3S. The first-order valence-electron chi connectivity index (χ1n) is 5.84. The Balaban J connectivity index is 2.21. The highest BCUT2D eigenvalue weighted by atomic mass is 79.9. The van der Waals surface area contributed by atoms with E-state index in [-0.39, 0.29) is 16.1 Å². The molecule has 0 saturated heterocycles. The summed E-state index contributed by atoms with van der Waals surface area (Å²) in [6, 6.07) is 9.70. The van der Waals surface area contributed by atoms with Gasteiger partial charge in [0.15, 0.2) is 9.84 Å². The molecule has 21 heavy (non-hydrogen) atoms. The first-order valence-corrected chi connectivity index (χ1v) is 8.52. The Hall–Kier alpha value is -1.73. The molecule has 0 aromatic heterocycles. The Kier molecular flexibility index (Phi) is 4.43. The van der Waals surface area contributed by atoms with Gasteiger partial charge in [-0.25, -0.2) is 12.8 Å². The van der Waals surface area contributed by atoms with E-state index in [0.29, 0.717) is 4.47 Å². The Bertz CT molecular complexity index is 788. The Morgan fingerprint density at radius 3 is 2.29 bits per heavy atom. The third-order valence-corrected chi connectivity index (χ3v) is 4.35. The van der Waals surface area contributed by atoms with Crippen molar-refractivity contribution in [2.75, 3.05) is 11.6 Å². The van der Waals surface area contributed by atoms with E-state index in [1.54, 1.807) is 6.07 Å². The number of anilines is 1. The number of nitrogens with one attached hydrogen (secondary N) is 1. The van der Waals surface area contributed by atoms with Crippen LogP contribution in [0.25, 0.3) is 0 Å². The van der Waals surface area contributed by atoms with Crippen LogP contribution in [0.1, 0.15) is 10.4 Å². The van der Waals surface area contributed by atoms with Crippen molar-refractivity contribution in [2.24, 2.45) is 0 Å². The summed E-state index contributed by atoms with van der Waals surface area (Å²) in [6.45, 7) is 0. The number of amides is 1. The number of carbonyl (C=O) groups is 1. The lowest BCUT2D eigenvalue weighted by Gasteiger charge is -2.07. The molecule has 0 heterocycles. The monoisotopic (exact) mass is 371 g/mol. The van der Waals surface area contributed by atoms with Gasteiger partial charge in [-0.3, -0.25) is 4.79 Å². The molecule has 7 heteroatoms. The molecule has 2 rings (SSSR count). The van der Waals surface area contributed by atoms with E-state index in [9.17, 15) is 17.6 Å². The van der Waals surface area contributed by atoms with Gasteiger partial charge in [-0.2, -0.15) is 0 Å². The summed E-state index contributed by atoms with van der Waals surface area (Å²) in [6.07, 6.45) is 1.08. The van der Waals surface area contributed by atoms with Gasteiger partial charge < -0.3 is 5.32 Å². The zero-order valence-corrected chi connectivity index (χ0v) is 13.3. The first-order chi connectivity index (χ1) is 9.77. The lowest BCUT2D eigenvalue weighted by atomic mass is 10.2. The second kappa shape index (κ2) is 5.95. The summed E-state index contributed by atoms with van der Waals surface area (Å²) in [5.41, 5.74) is 0.292. The summed E-state index contributed by atoms with van der Waals surface area (Å²) in [5, 5.41) is 2.43. The lowest BCUT2D eigenvalue weighted by molar-refractivity contribution is 0.102. The smallest absolute Gasteiger partial charge is 0.255 e. The number of carbonyl (C=O) groups excluding carboxylic acids is 1. The van der Waals surface area contributed by atoms with Gasteiger partial charge in [-0.15, -0.1) is 0 Å². The maximum atomic E-state index is 13.6.